The predicted molar refractivity (Wildman–Crippen MR) is 75.8 cm³/mol. The first kappa shape index (κ1) is 15.2. The number of hydrogen-bond acceptors (Lipinski definition) is 3. The molecule has 2 rings (SSSR count). The van der Waals surface area contributed by atoms with Gasteiger partial charge >= 0.3 is 0 Å². The van der Waals surface area contributed by atoms with Crippen LogP contribution in [0.5, 0.6) is 0 Å². The zero-order valence-corrected chi connectivity index (χ0v) is 11.6. The lowest BCUT2D eigenvalue weighted by Gasteiger charge is -2.06. The van der Waals surface area contributed by atoms with Crippen LogP contribution in [-0.2, 0) is 6.54 Å². The second-order valence-electron chi connectivity index (χ2n) is 4.00. The molecule has 21 heavy (non-hydrogen) atoms. The van der Waals surface area contributed by atoms with Gasteiger partial charge in [0.2, 0.25) is 0 Å². The van der Waals surface area contributed by atoms with Gasteiger partial charge in [0.1, 0.15) is 23.8 Å². The molecular weight excluding hydrogens is 296 g/mol. The van der Waals surface area contributed by atoms with E-state index in [1.165, 1.54) is 17.4 Å². The molecule has 1 heterocycles. The highest BCUT2D eigenvalue weighted by atomic mass is 32.1. The molecule has 0 saturated carbocycles. The SMILES string of the molecule is O=C(NCc1sccc1C#CCO)c1c(F)cccc1F. The molecule has 3 nitrogen and oxygen atoms in total. The Morgan fingerprint density at radius 1 is 1.29 bits per heavy atom. The maximum atomic E-state index is 13.5. The van der Waals surface area contributed by atoms with Crippen molar-refractivity contribution in [3.05, 3.63) is 57.3 Å². The van der Waals surface area contributed by atoms with Crippen molar-refractivity contribution in [3.63, 3.8) is 0 Å². The van der Waals surface area contributed by atoms with Crippen molar-refractivity contribution in [2.75, 3.05) is 6.61 Å². The number of thiophene rings is 1. The van der Waals surface area contributed by atoms with E-state index in [-0.39, 0.29) is 13.2 Å². The number of hydrogen-bond donors (Lipinski definition) is 2. The molecule has 0 unspecified atom stereocenters. The van der Waals surface area contributed by atoms with Crippen LogP contribution < -0.4 is 5.32 Å². The molecule has 6 heteroatoms. The highest BCUT2D eigenvalue weighted by Crippen LogP contribution is 2.16. The van der Waals surface area contributed by atoms with Crippen LogP contribution >= 0.6 is 11.3 Å². The fourth-order valence-electron chi connectivity index (χ4n) is 1.69. The number of aliphatic hydroxyl groups is 1. The summed E-state index contributed by atoms with van der Waals surface area (Å²) in [7, 11) is 0. The third-order valence-corrected chi connectivity index (χ3v) is 3.57. The fraction of sp³-hybridized carbons (Fsp3) is 0.133. The molecule has 0 radical (unpaired) electrons. The lowest BCUT2D eigenvalue weighted by atomic mass is 10.2. The minimum absolute atomic E-state index is 0.111. The Morgan fingerprint density at radius 3 is 2.67 bits per heavy atom. The standard InChI is InChI=1S/C15H11F2NO2S/c16-11-4-1-5-12(17)14(11)15(20)18-9-13-10(3-2-7-19)6-8-21-13/h1,4-6,8,19H,7,9H2,(H,18,20). The Morgan fingerprint density at radius 2 is 2.00 bits per heavy atom. The third-order valence-electron chi connectivity index (χ3n) is 2.65. The van der Waals surface area contributed by atoms with Gasteiger partial charge in [0, 0.05) is 10.4 Å². The molecule has 108 valence electrons. The maximum absolute atomic E-state index is 13.5. The molecule has 0 bridgehead atoms. The van der Waals surface area contributed by atoms with Crippen LogP contribution in [0, 0.1) is 23.5 Å². The Labute approximate surface area is 124 Å². The maximum Gasteiger partial charge on any atom is 0.257 e. The second kappa shape index (κ2) is 6.97. The van der Waals surface area contributed by atoms with Crippen molar-refractivity contribution in [2.24, 2.45) is 0 Å². The topological polar surface area (TPSA) is 49.3 Å². The largest absolute Gasteiger partial charge is 0.384 e. The van der Waals surface area contributed by atoms with Crippen molar-refractivity contribution in [2.45, 2.75) is 6.54 Å². The first-order valence-electron chi connectivity index (χ1n) is 6.01. The number of carbonyl (C=O) groups excluding carboxylic acids is 1. The monoisotopic (exact) mass is 307 g/mol. The molecule has 0 atom stereocenters. The summed E-state index contributed by atoms with van der Waals surface area (Å²) >= 11 is 1.36. The summed E-state index contributed by atoms with van der Waals surface area (Å²) in [6.45, 7) is -0.151. The number of amides is 1. The van der Waals surface area contributed by atoms with E-state index in [0.29, 0.717) is 5.56 Å². The normalized spacial score (nSPS) is 9.86. The number of carbonyl (C=O) groups is 1. The molecule has 1 aromatic carbocycles. The van der Waals surface area contributed by atoms with Crippen molar-refractivity contribution < 1.29 is 18.7 Å². The van der Waals surface area contributed by atoms with Gasteiger partial charge in [0.05, 0.1) is 6.54 Å². The van der Waals surface area contributed by atoms with E-state index >= 15 is 0 Å². The van der Waals surface area contributed by atoms with Crippen LogP contribution in [0.15, 0.2) is 29.6 Å². The minimum Gasteiger partial charge on any atom is -0.384 e. The Kier molecular flexibility index (Phi) is 5.04. The van der Waals surface area contributed by atoms with Gasteiger partial charge in [0.25, 0.3) is 5.91 Å². The van der Waals surface area contributed by atoms with Crippen LogP contribution in [0.3, 0.4) is 0 Å². The Balaban J connectivity index is 2.10. The van der Waals surface area contributed by atoms with Gasteiger partial charge in [-0.05, 0) is 23.6 Å². The van der Waals surface area contributed by atoms with Crippen LogP contribution in [0.2, 0.25) is 0 Å². The number of nitrogens with one attached hydrogen (secondary N) is 1. The van der Waals surface area contributed by atoms with Crippen molar-refractivity contribution in [3.8, 4) is 11.8 Å². The molecule has 1 aromatic heterocycles. The number of halogens is 2. The summed E-state index contributed by atoms with van der Waals surface area (Å²) < 4.78 is 26.9. The smallest absolute Gasteiger partial charge is 0.257 e. The Hall–Kier alpha value is -2.23. The minimum atomic E-state index is -0.904. The van der Waals surface area contributed by atoms with Gasteiger partial charge in [0.15, 0.2) is 0 Å². The van der Waals surface area contributed by atoms with E-state index in [0.717, 1.165) is 17.0 Å². The summed E-state index contributed by atoms with van der Waals surface area (Å²) in [4.78, 5) is 12.6. The van der Waals surface area contributed by atoms with E-state index in [2.05, 4.69) is 17.2 Å². The van der Waals surface area contributed by atoms with Gasteiger partial charge in [-0.15, -0.1) is 11.3 Å². The van der Waals surface area contributed by atoms with Gasteiger partial charge in [-0.2, -0.15) is 0 Å². The Bertz CT molecular complexity index is 696. The summed E-state index contributed by atoms with van der Waals surface area (Å²) in [5, 5.41) is 12.9. The molecule has 0 aliphatic rings. The lowest BCUT2D eigenvalue weighted by molar-refractivity contribution is 0.0943. The molecule has 0 saturated heterocycles. The number of benzene rings is 1. The van der Waals surface area contributed by atoms with Gasteiger partial charge in [-0.3, -0.25) is 4.79 Å². The van der Waals surface area contributed by atoms with Gasteiger partial charge in [-0.1, -0.05) is 17.9 Å². The van der Waals surface area contributed by atoms with Crippen LogP contribution in [0.4, 0.5) is 8.78 Å². The molecule has 2 N–H and O–H groups in total. The summed E-state index contributed by atoms with van der Waals surface area (Å²) in [5.41, 5.74) is 0.0698. The zero-order valence-electron chi connectivity index (χ0n) is 10.8. The molecule has 1 amide bonds. The number of rotatable bonds is 3. The molecule has 0 spiro atoms. The fourth-order valence-corrected chi connectivity index (χ4v) is 2.46. The number of aliphatic hydroxyl groups excluding tert-OH is 1. The zero-order chi connectivity index (χ0) is 15.2. The van der Waals surface area contributed by atoms with Crippen LogP contribution in [0.25, 0.3) is 0 Å². The predicted octanol–water partition coefficient (Wildman–Crippen LogP) is 2.30. The van der Waals surface area contributed by atoms with Gasteiger partial charge in [-0.25, -0.2) is 8.78 Å². The molecule has 0 fully saturated rings. The summed E-state index contributed by atoms with van der Waals surface area (Å²) in [5.74, 6) is 2.62. The molecular formula is C15H11F2NO2S. The highest BCUT2D eigenvalue weighted by molar-refractivity contribution is 7.10. The van der Waals surface area contributed by atoms with Crippen molar-refractivity contribution in [1.29, 1.82) is 0 Å². The van der Waals surface area contributed by atoms with Gasteiger partial charge < -0.3 is 10.4 Å². The summed E-state index contributed by atoms with van der Waals surface area (Å²) in [6, 6.07) is 5.00. The van der Waals surface area contributed by atoms with E-state index < -0.39 is 23.1 Å². The van der Waals surface area contributed by atoms with Crippen LogP contribution in [-0.4, -0.2) is 17.6 Å². The molecule has 0 aliphatic carbocycles. The lowest BCUT2D eigenvalue weighted by Crippen LogP contribution is -2.25. The average molecular weight is 307 g/mol. The van der Waals surface area contributed by atoms with Crippen molar-refractivity contribution >= 4 is 17.2 Å². The van der Waals surface area contributed by atoms with Crippen LogP contribution in [0.1, 0.15) is 20.8 Å². The highest BCUT2D eigenvalue weighted by Gasteiger charge is 2.17. The molecule has 2 aromatic rings. The van der Waals surface area contributed by atoms with E-state index in [4.69, 9.17) is 5.11 Å². The molecule has 0 aliphatic heterocycles. The third kappa shape index (κ3) is 3.66. The quantitative estimate of drug-likeness (QED) is 0.855. The summed E-state index contributed by atoms with van der Waals surface area (Å²) in [6.07, 6.45) is 0. The van der Waals surface area contributed by atoms with E-state index in [9.17, 15) is 13.6 Å². The van der Waals surface area contributed by atoms with E-state index in [1.54, 1.807) is 11.4 Å². The first-order chi connectivity index (χ1) is 10.1. The average Bonchev–Trinajstić information content (AvgIpc) is 2.90. The second-order valence-corrected chi connectivity index (χ2v) is 5.00. The van der Waals surface area contributed by atoms with Crippen molar-refractivity contribution in [1.82, 2.24) is 5.32 Å². The first-order valence-corrected chi connectivity index (χ1v) is 6.89. The van der Waals surface area contributed by atoms with E-state index in [1.807, 2.05) is 0 Å².